The molecule has 35 heavy (non-hydrogen) atoms. The maximum atomic E-state index is 14.8. The zero-order valence-corrected chi connectivity index (χ0v) is 19.7. The number of anilines is 1. The summed E-state index contributed by atoms with van der Waals surface area (Å²) in [6, 6.07) is 12.8. The molecule has 0 radical (unpaired) electrons. The molecule has 178 valence electrons. The third-order valence-corrected chi connectivity index (χ3v) is 7.01. The van der Waals surface area contributed by atoms with Crippen LogP contribution in [-0.4, -0.2) is 30.5 Å². The molecule has 3 heterocycles. The smallest absolute Gasteiger partial charge is 0.276 e. The van der Waals surface area contributed by atoms with E-state index in [9.17, 15) is 9.18 Å². The molecule has 0 unspecified atom stereocenters. The summed E-state index contributed by atoms with van der Waals surface area (Å²) in [5.74, 6) is 0.781. The second-order valence-electron chi connectivity index (χ2n) is 9.43. The summed E-state index contributed by atoms with van der Waals surface area (Å²) in [5, 5.41) is 16.2. The molecule has 0 spiro atoms. The number of nitrogens with zero attached hydrogens (tertiary/aromatic N) is 5. The average molecular weight is 471 g/mol. The highest BCUT2D eigenvalue weighted by molar-refractivity contribution is 6.04. The lowest BCUT2D eigenvalue weighted by atomic mass is 10.1. The molecule has 1 amide bonds. The van der Waals surface area contributed by atoms with E-state index in [2.05, 4.69) is 25.2 Å². The van der Waals surface area contributed by atoms with Gasteiger partial charge in [-0.15, -0.1) is 10.2 Å². The summed E-state index contributed by atoms with van der Waals surface area (Å²) >= 11 is 0. The van der Waals surface area contributed by atoms with Crippen LogP contribution in [0, 0.1) is 12.7 Å². The summed E-state index contributed by atoms with van der Waals surface area (Å²) in [4.78, 5) is 13.3. The predicted octanol–water partition coefficient (Wildman–Crippen LogP) is 5.05. The molecule has 1 N–H and O–H groups in total. The van der Waals surface area contributed by atoms with Crippen molar-refractivity contribution in [2.45, 2.75) is 58.4 Å². The second-order valence-corrected chi connectivity index (χ2v) is 9.43. The van der Waals surface area contributed by atoms with Crippen molar-refractivity contribution in [1.82, 2.24) is 24.5 Å². The minimum atomic E-state index is -0.493. The van der Waals surface area contributed by atoms with Gasteiger partial charge in [0.05, 0.1) is 11.4 Å². The monoisotopic (exact) mass is 470 g/mol. The molecular weight excluding hydrogens is 443 g/mol. The van der Waals surface area contributed by atoms with Gasteiger partial charge in [0.15, 0.2) is 11.5 Å². The molecule has 4 aromatic rings. The molecule has 2 aliphatic rings. The molecule has 1 aliphatic heterocycles. The molecule has 0 saturated carbocycles. The number of hydrogen-bond acceptors (Lipinski definition) is 4. The summed E-state index contributed by atoms with van der Waals surface area (Å²) in [6.07, 6.45) is 6.85. The van der Waals surface area contributed by atoms with Crippen LogP contribution < -0.4 is 5.32 Å². The topological polar surface area (TPSA) is 77.6 Å². The number of carbonyl (C=O) groups excluding carboxylic acids is 1. The Morgan fingerprint density at radius 2 is 1.83 bits per heavy atom. The predicted molar refractivity (Wildman–Crippen MR) is 131 cm³/mol. The molecule has 0 bridgehead atoms. The summed E-state index contributed by atoms with van der Waals surface area (Å²) in [6.45, 7) is 2.88. The van der Waals surface area contributed by atoms with Crippen LogP contribution in [0.2, 0.25) is 0 Å². The molecule has 1 aliphatic carbocycles. The van der Waals surface area contributed by atoms with Gasteiger partial charge in [0.25, 0.3) is 5.91 Å². The molecule has 0 fully saturated rings. The van der Waals surface area contributed by atoms with Gasteiger partial charge < -0.3 is 9.88 Å². The van der Waals surface area contributed by atoms with Crippen LogP contribution in [0.3, 0.4) is 0 Å². The number of carbonyl (C=O) groups is 1. The van der Waals surface area contributed by atoms with Gasteiger partial charge in [0, 0.05) is 29.8 Å². The number of amides is 1. The van der Waals surface area contributed by atoms with Crippen molar-refractivity contribution >= 4 is 11.6 Å². The van der Waals surface area contributed by atoms with E-state index in [0.29, 0.717) is 11.5 Å². The van der Waals surface area contributed by atoms with Gasteiger partial charge in [0.1, 0.15) is 11.6 Å². The van der Waals surface area contributed by atoms with Crippen LogP contribution in [0.4, 0.5) is 10.1 Å². The fourth-order valence-corrected chi connectivity index (χ4v) is 5.16. The number of aromatic nitrogens is 5. The zero-order chi connectivity index (χ0) is 23.9. The lowest BCUT2D eigenvalue weighted by Crippen LogP contribution is -2.16. The maximum absolute atomic E-state index is 14.8. The van der Waals surface area contributed by atoms with E-state index in [1.165, 1.54) is 6.07 Å². The van der Waals surface area contributed by atoms with E-state index < -0.39 is 11.7 Å². The quantitative estimate of drug-likeness (QED) is 0.453. The Kier molecular flexibility index (Phi) is 5.43. The Hall–Kier alpha value is -3.81. The van der Waals surface area contributed by atoms with E-state index >= 15 is 0 Å². The van der Waals surface area contributed by atoms with Crippen molar-refractivity contribution in [3.8, 4) is 17.1 Å². The Bertz CT molecular complexity index is 1420. The largest absolute Gasteiger partial charge is 0.318 e. The highest BCUT2D eigenvalue weighted by atomic mass is 19.1. The number of rotatable bonds is 4. The summed E-state index contributed by atoms with van der Waals surface area (Å²) < 4.78 is 18.8. The number of hydrogen-bond donors (Lipinski definition) is 1. The first kappa shape index (κ1) is 21.7. The number of aryl methyl sites for hydroxylation is 2. The van der Waals surface area contributed by atoms with Crippen molar-refractivity contribution < 1.29 is 9.18 Å². The number of halogens is 1. The fourth-order valence-electron chi connectivity index (χ4n) is 5.16. The first-order valence-corrected chi connectivity index (χ1v) is 12.3. The van der Waals surface area contributed by atoms with Crippen LogP contribution in [0.15, 0.2) is 42.5 Å². The Balaban J connectivity index is 1.32. The number of fused-ring (bicyclic) bond motifs is 2. The van der Waals surface area contributed by atoms with E-state index in [4.69, 9.17) is 0 Å². The standard InChI is InChI=1S/C27H27FN6O/c1-17-9-12-19(13-10-17)34-23-7-5-6-20(23)25(32-34)27(35)29-22-16-18(11-14-21(22)28)26-31-30-24-8-3-2-4-15-33(24)26/h9-14,16H,2-8,15H2,1H3,(H,29,35). The molecule has 6 rings (SSSR count). The summed E-state index contributed by atoms with van der Waals surface area (Å²) in [5.41, 5.74) is 5.30. The average Bonchev–Trinajstić information content (AvgIpc) is 3.53. The van der Waals surface area contributed by atoms with Crippen LogP contribution in [-0.2, 0) is 25.8 Å². The van der Waals surface area contributed by atoms with Crippen molar-refractivity contribution in [2.24, 2.45) is 0 Å². The van der Waals surface area contributed by atoms with Crippen LogP contribution >= 0.6 is 0 Å². The molecule has 8 heteroatoms. The van der Waals surface area contributed by atoms with Gasteiger partial charge in [0.2, 0.25) is 0 Å². The normalized spacial score (nSPS) is 14.9. The second kappa shape index (κ2) is 8.76. The van der Waals surface area contributed by atoms with Crippen LogP contribution in [0.5, 0.6) is 0 Å². The van der Waals surface area contributed by atoms with Gasteiger partial charge in [-0.1, -0.05) is 24.1 Å². The maximum Gasteiger partial charge on any atom is 0.276 e. The first-order chi connectivity index (χ1) is 17.1. The van der Waals surface area contributed by atoms with E-state index in [1.54, 1.807) is 12.1 Å². The minimum absolute atomic E-state index is 0.120. The Morgan fingerprint density at radius 1 is 0.971 bits per heavy atom. The Labute approximate surface area is 203 Å². The first-order valence-electron chi connectivity index (χ1n) is 12.3. The molecule has 2 aromatic heterocycles. The molecule has 0 saturated heterocycles. The fraction of sp³-hybridized carbons (Fsp3) is 0.333. The molecule has 0 atom stereocenters. The van der Waals surface area contributed by atoms with E-state index in [-0.39, 0.29) is 5.69 Å². The van der Waals surface area contributed by atoms with Gasteiger partial charge in [-0.05, 0) is 69.4 Å². The third kappa shape index (κ3) is 3.92. The van der Waals surface area contributed by atoms with Gasteiger partial charge >= 0.3 is 0 Å². The SMILES string of the molecule is Cc1ccc(-n2nc(C(=O)Nc3cc(-c4nnc5n4CCCCC5)ccc3F)c3c2CCC3)cc1. The van der Waals surface area contributed by atoms with E-state index in [1.807, 2.05) is 35.9 Å². The van der Waals surface area contributed by atoms with Crippen LogP contribution in [0.1, 0.15) is 58.8 Å². The van der Waals surface area contributed by atoms with Crippen molar-refractivity contribution in [1.29, 1.82) is 0 Å². The highest BCUT2D eigenvalue weighted by Crippen LogP contribution is 2.30. The lowest BCUT2D eigenvalue weighted by molar-refractivity contribution is 0.102. The van der Waals surface area contributed by atoms with Gasteiger partial charge in [-0.25, -0.2) is 9.07 Å². The van der Waals surface area contributed by atoms with Crippen molar-refractivity contribution in [2.75, 3.05) is 5.32 Å². The van der Waals surface area contributed by atoms with Crippen LogP contribution in [0.25, 0.3) is 17.1 Å². The Morgan fingerprint density at radius 3 is 2.69 bits per heavy atom. The van der Waals surface area contributed by atoms with Crippen molar-refractivity contribution in [3.05, 3.63) is 76.6 Å². The zero-order valence-electron chi connectivity index (χ0n) is 19.7. The van der Waals surface area contributed by atoms with Gasteiger partial charge in [-0.3, -0.25) is 4.79 Å². The molecule has 2 aromatic carbocycles. The molecular formula is C27H27FN6O. The lowest BCUT2D eigenvalue weighted by Gasteiger charge is -2.10. The summed E-state index contributed by atoms with van der Waals surface area (Å²) in [7, 11) is 0. The van der Waals surface area contributed by atoms with Gasteiger partial charge in [-0.2, -0.15) is 5.10 Å². The third-order valence-electron chi connectivity index (χ3n) is 7.01. The number of benzene rings is 2. The van der Waals surface area contributed by atoms with Crippen molar-refractivity contribution in [3.63, 3.8) is 0 Å². The number of nitrogens with one attached hydrogen (secondary N) is 1. The minimum Gasteiger partial charge on any atom is -0.318 e. The molecule has 7 nitrogen and oxygen atoms in total. The van der Waals surface area contributed by atoms with E-state index in [0.717, 1.165) is 85.4 Å². The highest BCUT2D eigenvalue weighted by Gasteiger charge is 2.27.